The number of piperidine rings is 3. The summed E-state index contributed by atoms with van der Waals surface area (Å²) >= 11 is 0. The van der Waals surface area contributed by atoms with E-state index in [-0.39, 0.29) is 23.7 Å². The zero-order valence-electron chi connectivity index (χ0n) is 14.8. The van der Waals surface area contributed by atoms with Crippen LogP contribution in [0.1, 0.15) is 24.8 Å². The van der Waals surface area contributed by atoms with Crippen LogP contribution in [0.25, 0.3) is 0 Å². The SMILES string of the molecule is O=C(NC1CCN(CCc2ccc(F)cc2)C1)[C@@H]1CN2CCC1CC2. The van der Waals surface area contributed by atoms with Crippen LogP contribution in [-0.2, 0) is 11.2 Å². The lowest BCUT2D eigenvalue weighted by molar-refractivity contribution is -0.131. The second kappa shape index (κ2) is 7.42. The summed E-state index contributed by atoms with van der Waals surface area (Å²) in [5.74, 6) is 0.900. The van der Waals surface area contributed by atoms with Crippen molar-refractivity contribution in [3.05, 3.63) is 35.6 Å². The smallest absolute Gasteiger partial charge is 0.224 e. The van der Waals surface area contributed by atoms with Gasteiger partial charge in [-0.25, -0.2) is 4.39 Å². The Bertz CT molecular complexity index is 597. The van der Waals surface area contributed by atoms with E-state index in [1.54, 1.807) is 0 Å². The number of nitrogens with one attached hydrogen (secondary N) is 1. The lowest BCUT2D eigenvalue weighted by Gasteiger charge is -2.44. The molecule has 0 aromatic heterocycles. The molecular weight excluding hydrogens is 317 g/mol. The van der Waals surface area contributed by atoms with Gasteiger partial charge in [0.05, 0.1) is 5.92 Å². The average Bonchev–Trinajstić information content (AvgIpc) is 3.09. The monoisotopic (exact) mass is 345 g/mol. The Hall–Kier alpha value is -1.46. The molecule has 5 rings (SSSR count). The highest BCUT2D eigenvalue weighted by molar-refractivity contribution is 5.79. The molecule has 1 amide bonds. The lowest BCUT2D eigenvalue weighted by atomic mass is 9.78. The number of nitrogens with zero attached hydrogens (tertiary/aromatic N) is 2. The van der Waals surface area contributed by atoms with Gasteiger partial charge in [-0.05, 0) is 62.4 Å². The van der Waals surface area contributed by atoms with Gasteiger partial charge in [0.25, 0.3) is 0 Å². The Kier molecular flexibility index (Phi) is 5.04. The minimum Gasteiger partial charge on any atom is -0.352 e. The Balaban J connectivity index is 1.22. The third-order valence-corrected chi connectivity index (χ3v) is 6.24. The number of halogens is 1. The number of likely N-dealkylation sites (tertiary alicyclic amines) is 1. The quantitative estimate of drug-likeness (QED) is 0.885. The lowest BCUT2D eigenvalue weighted by Crippen LogP contribution is -2.54. The fourth-order valence-electron chi connectivity index (χ4n) is 4.66. The molecule has 0 saturated carbocycles. The zero-order valence-corrected chi connectivity index (χ0v) is 14.8. The van der Waals surface area contributed by atoms with Crippen LogP contribution in [-0.4, -0.2) is 61.0 Å². The first-order valence-corrected chi connectivity index (χ1v) is 9.67. The Morgan fingerprint density at radius 1 is 1.08 bits per heavy atom. The molecule has 0 radical (unpaired) electrons. The molecule has 4 aliphatic rings. The van der Waals surface area contributed by atoms with Crippen molar-refractivity contribution in [2.24, 2.45) is 11.8 Å². The Morgan fingerprint density at radius 2 is 1.84 bits per heavy atom. The van der Waals surface area contributed by atoms with Crippen molar-refractivity contribution in [2.45, 2.75) is 31.7 Å². The van der Waals surface area contributed by atoms with E-state index in [0.717, 1.165) is 39.0 Å². The first-order chi connectivity index (χ1) is 12.2. The molecule has 1 N–H and O–H groups in total. The van der Waals surface area contributed by atoms with Crippen LogP contribution in [0.2, 0.25) is 0 Å². The molecule has 2 bridgehead atoms. The van der Waals surface area contributed by atoms with E-state index < -0.39 is 0 Å². The van der Waals surface area contributed by atoms with E-state index in [1.807, 2.05) is 12.1 Å². The summed E-state index contributed by atoms with van der Waals surface area (Å²) in [6.45, 7) is 6.25. The molecule has 4 heterocycles. The predicted molar refractivity (Wildman–Crippen MR) is 95.7 cm³/mol. The van der Waals surface area contributed by atoms with Gasteiger partial charge in [0.15, 0.2) is 0 Å². The number of amides is 1. The third-order valence-electron chi connectivity index (χ3n) is 6.24. The third kappa shape index (κ3) is 4.04. The predicted octanol–water partition coefficient (Wildman–Crippen LogP) is 1.90. The highest BCUT2D eigenvalue weighted by Gasteiger charge is 2.39. The van der Waals surface area contributed by atoms with Gasteiger partial charge < -0.3 is 15.1 Å². The maximum Gasteiger partial charge on any atom is 0.224 e. The van der Waals surface area contributed by atoms with E-state index in [1.165, 1.54) is 43.6 Å². The normalized spacial score (nSPS) is 32.0. The summed E-state index contributed by atoms with van der Waals surface area (Å²) in [4.78, 5) is 17.5. The zero-order chi connectivity index (χ0) is 17.2. The van der Waals surface area contributed by atoms with Crippen molar-refractivity contribution in [3.63, 3.8) is 0 Å². The topological polar surface area (TPSA) is 35.6 Å². The molecule has 2 atom stereocenters. The number of benzene rings is 1. The molecule has 4 fully saturated rings. The van der Waals surface area contributed by atoms with E-state index in [0.29, 0.717) is 5.92 Å². The van der Waals surface area contributed by atoms with Crippen LogP contribution in [0, 0.1) is 17.7 Å². The molecule has 5 heteroatoms. The van der Waals surface area contributed by atoms with Crippen LogP contribution in [0.3, 0.4) is 0 Å². The van der Waals surface area contributed by atoms with Crippen molar-refractivity contribution >= 4 is 5.91 Å². The number of hydrogen-bond donors (Lipinski definition) is 1. The van der Waals surface area contributed by atoms with E-state index in [4.69, 9.17) is 0 Å². The maximum atomic E-state index is 13.0. The molecule has 4 saturated heterocycles. The van der Waals surface area contributed by atoms with Gasteiger partial charge in [-0.15, -0.1) is 0 Å². The highest BCUT2D eigenvalue weighted by Crippen LogP contribution is 2.32. The minimum atomic E-state index is -0.180. The molecule has 1 unspecified atom stereocenters. The fourth-order valence-corrected chi connectivity index (χ4v) is 4.66. The van der Waals surface area contributed by atoms with Crippen LogP contribution >= 0.6 is 0 Å². The van der Waals surface area contributed by atoms with E-state index in [2.05, 4.69) is 15.1 Å². The average molecular weight is 345 g/mol. The van der Waals surface area contributed by atoms with Crippen LogP contribution in [0.5, 0.6) is 0 Å². The first kappa shape index (κ1) is 17.0. The number of hydrogen-bond acceptors (Lipinski definition) is 3. The Morgan fingerprint density at radius 3 is 2.52 bits per heavy atom. The molecule has 1 aromatic rings. The molecule has 25 heavy (non-hydrogen) atoms. The number of rotatable bonds is 5. The molecule has 0 spiro atoms. The van der Waals surface area contributed by atoms with E-state index >= 15 is 0 Å². The second-order valence-corrected chi connectivity index (χ2v) is 7.92. The summed E-state index contributed by atoms with van der Waals surface area (Å²) in [7, 11) is 0. The van der Waals surface area contributed by atoms with Gasteiger partial charge in [0, 0.05) is 32.2 Å². The number of carbonyl (C=O) groups is 1. The summed E-state index contributed by atoms with van der Waals surface area (Å²) in [5, 5.41) is 3.31. The summed E-state index contributed by atoms with van der Waals surface area (Å²) in [5.41, 5.74) is 1.17. The Labute approximate surface area is 149 Å². The first-order valence-electron chi connectivity index (χ1n) is 9.67. The molecule has 136 valence electrons. The van der Waals surface area contributed by atoms with E-state index in [9.17, 15) is 9.18 Å². The summed E-state index contributed by atoms with van der Waals surface area (Å²) in [6.07, 6.45) is 4.34. The van der Waals surface area contributed by atoms with Gasteiger partial charge in [-0.1, -0.05) is 12.1 Å². The standard InChI is InChI=1S/C20H28FN3O/c21-17-3-1-15(2-4-17)5-9-23-12-8-18(13-23)22-20(25)19-14-24-10-6-16(19)7-11-24/h1-4,16,18-19H,5-14H2,(H,22,25)/t18?,19-/m1/s1. The van der Waals surface area contributed by atoms with Gasteiger partial charge in [0.1, 0.15) is 5.82 Å². The largest absolute Gasteiger partial charge is 0.352 e. The van der Waals surface area contributed by atoms with Crippen molar-refractivity contribution in [1.29, 1.82) is 0 Å². The van der Waals surface area contributed by atoms with Crippen molar-refractivity contribution in [2.75, 3.05) is 39.3 Å². The minimum absolute atomic E-state index is 0.180. The van der Waals surface area contributed by atoms with Crippen molar-refractivity contribution < 1.29 is 9.18 Å². The van der Waals surface area contributed by atoms with Gasteiger partial charge >= 0.3 is 0 Å². The molecule has 1 aromatic carbocycles. The highest BCUT2D eigenvalue weighted by atomic mass is 19.1. The van der Waals surface area contributed by atoms with Crippen molar-refractivity contribution in [1.82, 2.24) is 15.1 Å². The number of fused-ring (bicyclic) bond motifs is 3. The van der Waals surface area contributed by atoms with Crippen LogP contribution in [0.15, 0.2) is 24.3 Å². The molecule has 4 aliphatic heterocycles. The molecular formula is C20H28FN3O. The number of carbonyl (C=O) groups excluding carboxylic acids is 1. The summed E-state index contributed by atoms with van der Waals surface area (Å²) < 4.78 is 13.0. The fraction of sp³-hybridized carbons (Fsp3) is 0.650. The van der Waals surface area contributed by atoms with Gasteiger partial charge in [-0.3, -0.25) is 4.79 Å². The maximum absolute atomic E-state index is 13.0. The molecule has 0 aliphatic carbocycles. The van der Waals surface area contributed by atoms with Gasteiger partial charge in [0.2, 0.25) is 5.91 Å². The van der Waals surface area contributed by atoms with Gasteiger partial charge in [-0.2, -0.15) is 0 Å². The van der Waals surface area contributed by atoms with Crippen molar-refractivity contribution in [3.8, 4) is 0 Å². The summed E-state index contributed by atoms with van der Waals surface area (Å²) in [6, 6.07) is 7.05. The van der Waals surface area contributed by atoms with Crippen LogP contribution < -0.4 is 5.32 Å². The van der Waals surface area contributed by atoms with Crippen LogP contribution in [0.4, 0.5) is 4.39 Å². The molecule has 4 nitrogen and oxygen atoms in total. The second-order valence-electron chi connectivity index (χ2n) is 7.92.